The Morgan fingerprint density at radius 3 is 2.00 bits per heavy atom. The van der Waals surface area contributed by atoms with Crippen LogP contribution in [0.15, 0.2) is 24.4 Å². The number of nitrogens with two attached hydrogens (primary N) is 1. The van der Waals surface area contributed by atoms with E-state index in [2.05, 4.69) is 4.98 Å². The van der Waals surface area contributed by atoms with Gasteiger partial charge in [-0.05, 0) is 39.8 Å². The molecule has 3 nitrogen and oxygen atoms in total. The van der Waals surface area contributed by atoms with Gasteiger partial charge in [0.2, 0.25) is 0 Å². The number of aryl methyl sites for hydroxylation is 1. The van der Waals surface area contributed by atoms with Crippen LogP contribution in [0.5, 0.6) is 0 Å². The summed E-state index contributed by atoms with van der Waals surface area (Å²) in [7, 11) is -1.18. The van der Waals surface area contributed by atoms with Gasteiger partial charge in [-0.25, -0.2) is 4.21 Å². The number of hydrogen-bond donors (Lipinski definition) is 1. The second kappa shape index (κ2) is 5.88. The maximum Gasteiger partial charge on any atom is 0.0942 e. The van der Waals surface area contributed by atoms with E-state index in [1.54, 1.807) is 6.20 Å². The fourth-order valence-corrected chi connectivity index (χ4v) is 0.448. The summed E-state index contributed by atoms with van der Waals surface area (Å²) in [6.45, 7) is 7.48. The van der Waals surface area contributed by atoms with E-state index >= 15 is 0 Å². The molecule has 0 aliphatic carbocycles. The highest BCUT2D eigenvalue weighted by Crippen LogP contribution is 2.04. The molecule has 0 amide bonds. The van der Waals surface area contributed by atoms with E-state index in [0.29, 0.717) is 0 Å². The van der Waals surface area contributed by atoms with Crippen LogP contribution in [0.3, 0.4) is 0 Å². The minimum atomic E-state index is -1.18. The molecular weight excluding hydrogens is 196 g/mol. The van der Waals surface area contributed by atoms with Gasteiger partial charge < -0.3 is 0 Å². The lowest BCUT2D eigenvalue weighted by Gasteiger charge is -2.11. The molecule has 80 valence electrons. The number of aromatic nitrogens is 1. The van der Waals surface area contributed by atoms with Crippen LogP contribution in [0.25, 0.3) is 0 Å². The number of nitrogens with zero attached hydrogens (tertiary/aromatic N) is 1. The summed E-state index contributed by atoms with van der Waals surface area (Å²) in [5.74, 6) is 0. The molecule has 0 saturated heterocycles. The van der Waals surface area contributed by atoms with Crippen LogP contribution >= 0.6 is 0 Å². The van der Waals surface area contributed by atoms with Gasteiger partial charge in [0.05, 0.1) is 15.7 Å². The third-order valence-electron chi connectivity index (χ3n) is 1.42. The first-order valence-electron chi connectivity index (χ1n) is 4.38. The van der Waals surface area contributed by atoms with E-state index in [0.717, 1.165) is 5.69 Å². The molecule has 1 unspecified atom stereocenters. The summed E-state index contributed by atoms with van der Waals surface area (Å²) in [5.41, 5.74) is 1.07. The molecule has 1 atom stereocenters. The zero-order valence-corrected chi connectivity index (χ0v) is 9.97. The van der Waals surface area contributed by atoms with Crippen molar-refractivity contribution < 1.29 is 4.21 Å². The molecule has 1 heterocycles. The monoisotopic (exact) mass is 214 g/mol. The lowest BCUT2D eigenvalue weighted by molar-refractivity contribution is 0.650. The number of rotatable bonds is 0. The Labute approximate surface area is 88.3 Å². The molecule has 0 bridgehead atoms. The molecule has 0 aliphatic heterocycles. The van der Waals surface area contributed by atoms with Gasteiger partial charge >= 0.3 is 0 Å². The van der Waals surface area contributed by atoms with E-state index in [9.17, 15) is 4.21 Å². The van der Waals surface area contributed by atoms with Gasteiger partial charge in [-0.2, -0.15) is 0 Å². The molecule has 2 N–H and O–H groups in total. The molecule has 0 radical (unpaired) electrons. The lowest BCUT2D eigenvalue weighted by Crippen LogP contribution is -2.27. The Morgan fingerprint density at radius 2 is 1.86 bits per heavy atom. The Balaban J connectivity index is 0.000000241. The van der Waals surface area contributed by atoms with Crippen molar-refractivity contribution in [3.05, 3.63) is 30.1 Å². The van der Waals surface area contributed by atoms with Crippen LogP contribution in [-0.4, -0.2) is 13.9 Å². The standard InChI is InChI=1S/C6H7N.C4H11NOS/c1-6-4-2-3-5-7-6;1-4(2,3)7(5)6/h2-5H,1H3;5H2,1-3H3. The predicted octanol–water partition coefficient (Wildman–Crippen LogP) is 1.80. The van der Waals surface area contributed by atoms with Crippen molar-refractivity contribution in [2.24, 2.45) is 5.14 Å². The normalized spacial score (nSPS) is 12.6. The Hall–Kier alpha value is -0.740. The smallest absolute Gasteiger partial charge is 0.0942 e. The highest BCUT2D eigenvalue weighted by atomic mass is 32.2. The summed E-state index contributed by atoms with van der Waals surface area (Å²) < 4.78 is 10.1. The SMILES string of the molecule is CC(C)(C)S(N)=O.Cc1ccccn1. The molecule has 4 heteroatoms. The van der Waals surface area contributed by atoms with Crippen molar-refractivity contribution in [2.45, 2.75) is 32.4 Å². The van der Waals surface area contributed by atoms with Crippen LogP contribution in [0, 0.1) is 6.92 Å². The predicted molar refractivity (Wildman–Crippen MR) is 61.1 cm³/mol. The van der Waals surface area contributed by atoms with Gasteiger partial charge in [0.15, 0.2) is 0 Å². The van der Waals surface area contributed by atoms with Crippen LogP contribution in [0.2, 0.25) is 0 Å². The molecule has 0 spiro atoms. The van der Waals surface area contributed by atoms with Crippen molar-refractivity contribution in [1.82, 2.24) is 4.98 Å². The quantitative estimate of drug-likeness (QED) is 0.716. The van der Waals surface area contributed by atoms with Gasteiger partial charge in [-0.1, -0.05) is 6.07 Å². The topological polar surface area (TPSA) is 56.0 Å². The van der Waals surface area contributed by atoms with Crippen molar-refractivity contribution in [1.29, 1.82) is 0 Å². The maximum absolute atomic E-state index is 10.4. The number of hydrogen-bond acceptors (Lipinski definition) is 2. The zero-order valence-electron chi connectivity index (χ0n) is 9.15. The molecule has 1 aromatic heterocycles. The van der Waals surface area contributed by atoms with E-state index in [1.807, 2.05) is 45.9 Å². The second-order valence-electron chi connectivity index (χ2n) is 3.88. The van der Waals surface area contributed by atoms with Crippen LogP contribution in [0.4, 0.5) is 0 Å². The first-order chi connectivity index (χ1) is 6.34. The van der Waals surface area contributed by atoms with Gasteiger partial charge in [0, 0.05) is 11.9 Å². The van der Waals surface area contributed by atoms with Gasteiger partial charge in [0.1, 0.15) is 0 Å². The third-order valence-corrected chi connectivity index (χ3v) is 2.62. The van der Waals surface area contributed by atoms with Crippen molar-refractivity contribution in [2.75, 3.05) is 0 Å². The van der Waals surface area contributed by atoms with E-state index in [1.165, 1.54) is 0 Å². The third kappa shape index (κ3) is 6.74. The molecule has 14 heavy (non-hydrogen) atoms. The second-order valence-corrected chi connectivity index (χ2v) is 5.70. The first kappa shape index (κ1) is 13.3. The fraction of sp³-hybridized carbons (Fsp3) is 0.500. The minimum Gasteiger partial charge on any atom is -0.262 e. The fourth-order valence-electron chi connectivity index (χ4n) is 0.448. The van der Waals surface area contributed by atoms with Crippen LogP contribution in [-0.2, 0) is 11.0 Å². The Bertz CT molecular complexity index is 280. The summed E-state index contributed by atoms with van der Waals surface area (Å²) in [6, 6.07) is 5.86. The molecular formula is C10H18N2OS. The average Bonchev–Trinajstić information content (AvgIpc) is 2.04. The van der Waals surface area contributed by atoms with Crippen molar-refractivity contribution in [3.63, 3.8) is 0 Å². The molecule has 0 aliphatic rings. The lowest BCUT2D eigenvalue weighted by atomic mass is 10.3. The van der Waals surface area contributed by atoms with E-state index in [4.69, 9.17) is 5.14 Å². The van der Waals surface area contributed by atoms with Gasteiger partial charge in [-0.15, -0.1) is 0 Å². The van der Waals surface area contributed by atoms with E-state index < -0.39 is 11.0 Å². The zero-order chi connectivity index (χ0) is 11.2. The Morgan fingerprint density at radius 1 is 1.36 bits per heavy atom. The molecule has 1 aromatic rings. The highest BCUT2D eigenvalue weighted by molar-refractivity contribution is 7.84. The minimum absolute atomic E-state index is 0.250. The highest BCUT2D eigenvalue weighted by Gasteiger charge is 2.14. The summed E-state index contributed by atoms with van der Waals surface area (Å²) in [6.07, 6.45) is 1.79. The Kier molecular flexibility index (Phi) is 5.57. The van der Waals surface area contributed by atoms with Gasteiger partial charge in [0.25, 0.3) is 0 Å². The molecule has 1 rings (SSSR count). The van der Waals surface area contributed by atoms with E-state index in [-0.39, 0.29) is 4.75 Å². The van der Waals surface area contributed by atoms with Crippen LogP contribution in [0.1, 0.15) is 26.5 Å². The number of pyridine rings is 1. The largest absolute Gasteiger partial charge is 0.262 e. The van der Waals surface area contributed by atoms with Crippen LogP contribution < -0.4 is 5.14 Å². The molecule has 0 saturated carbocycles. The summed E-state index contributed by atoms with van der Waals surface area (Å²) in [5, 5.41) is 5.04. The first-order valence-corrected chi connectivity index (χ1v) is 5.59. The van der Waals surface area contributed by atoms with Crippen molar-refractivity contribution in [3.8, 4) is 0 Å². The summed E-state index contributed by atoms with van der Waals surface area (Å²) >= 11 is 0. The molecule has 0 aromatic carbocycles. The molecule has 0 fully saturated rings. The average molecular weight is 214 g/mol. The van der Waals surface area contributed by atoms with Gasteiger partial charge in [-0.3, -0.25) is 10.1 Å². The summed E-state index contributed by atoms with van der Waals surface area (Å²) in [4.78, 5) is 3.98. The maximum atomic E-state index is 10.4. The van der Waals surface area contributed by atoms with Crippen molar-refractivity contribution >= 4 is 11.0 Å².